The molecule has 0 spiro atoms. The molecule has 8 heteroatoms. The molecular weight excluding hydrogens is 380 g/mol. The predicted octanol–water partition coefficient (Wildman–Crippen LogP) is 2.95. The van der Waals surface area contributed by atoms with Crippen molar-refractivity contribution in [1.29, 1.82) is 0 Å². The molecule has 3 rings (SSSR count). The van der Waals surface area contributed by atoms with E-state index in [0.29, 0.717) is 34.7 Å². The third kappa shape index (κ3) is 4.49. The normalized spacial score (nSPS) is 20.9. The van der Waals surface area contributed by atoms with Gasteiger partial charge in [-0.3, -0.25) is 9.59 Å². The van der Waals surface area contributed by atoms with E-state index >= 15 is 0 Å². The van der Waals surface area contributed by atoms with Gasteiger partial charge in [-0.05, 0) is 49.7 Å². The third-order valence-electron chi connectivity index (χ3n) is 4.65. The lowest BCUT2D eigenvalue weighted by Gasteiger charge is -2.32. The van der Waals surface area contributed by atoms with Crippen LogP contribution in [0.25, 0.3) is 6.08 Å². The van der Waals surface area contributed by atoms with Gasteiger partial charge in [-0.2, -0.15) is 4.99 Å². The van der Waals surface area contributed by atoms with Crippen LogP contribution < -0.4 is 9.47 Å². The second kappa shape index (κ2) is 9.14. The second-order valence-corrected chi connectivity index (χ2v) is 7.46. The minimum atomic E-state index is -0.281. The number of carbonyl (C=O) groups is 2. The highest BCUT2D eigenvalue weighted by Crippen LogP contribution is 2.35. The molecule has 1 amide bonds. The van der Waals surface area contributed by atoms with Gasteiger partial charge in [0, 0.05) is 24.7 Å². The van der Waals surface area contributed by atoms with Gasteiger partial charge in [0.2, 0.25) is 0 Å². The highest BCUT2D eigenvalue weighted by atomic mass is 32.2. The molecule has 1 aromatic rings. The number of esters is 1. The number of hydrogen-bond donors (Lipinski definition) is 0. The van der Waals surface area contributed by atoms with Gasteiger partial charge >= 0.3 is 5.97 Å². The van der Waals surface area contributed by atoms with Crippen molar-refractivity contribution in [2.45, 2.75) is 19.8 Å². The van der Waals surface area contributed by atoms with Crippen LogP contribution in [-0.4, -0.2) is 55.9 Å². The first-order chi connectivity index (χ1) is 13.5. The number of carbonyl (C=O) groups excluding carboxylic acids is 2. The van der Waals surface area contributed by atoms with Crippen molar-refractivity contribution in [1.82, 2.24) is 4.90 Å². The number of likely N-dealkylation sites (tertiary alicyclic amines) is 1. The summed E-state index contributed by atoms with van der Waals surface area (Å²) in [5.41, 5.74) is 0.777. The van der Waals surface area contributed by atoms with E-state index in [1.807, 2.05) is 17.0 Å². The number of piperidine rings is 1. The summed E-state index contributed by atoms with van der Waals surface area (Å²) in [5, 5.41) is 0.637. The molecule has 1 aromatic carbocycles. The van der Waals surface area contributed by atoms with Gasteiger partial charge < -0.3 is 19.1 Å². The molecule has 2 aliphatic rings. The molecular formula is C20H24N2O5S. The minimum absolute atomic E-state index is 0.179. The predicted molar refractivity (Wildman–Crippen MR) is 108 cm³/mol. The molecule has 0 aliphatic carbocycles. The van der Waals surface area contributed by atoms with Gasteiger partial charge in [-0.1, -0.05) is 0 Å². The smallest absolute Gasteiger partial charge is 0.310 e. The van der Waals surface area contributed by atoms with Gasteiger partial charge in [-0.15, -0.1) is 0 Å². The number of amidine groups is 1. The lowest BCUT2D eigenvalue weighted by atomic mass is 9.99. The first-order valence-electron chi connectivity index (χ1n) is 9.21. The minimum Gasteiger partial charge on any atom is -0.497 e. The molecule has 0 N–H and O–H groups in total. The standard InChI is InChI=1S/C20H24N2O5S/c1-4-27-19(24)14-6-5-9-22(12-14)20-21-18(23)17(28-20)10-13-7-8-15(25-2)11-16(13)26-3/h7-8,10-11,14H,4-6,9,12H2,1-3H3. The van der Waals surface area contributed by atoms with Crippen LogP contribution >= 0.6 is 11.8 Å². The van der Waals surface area contributed by atoms with Gasteiger partial charge in [-0.25, -0.2) is 0 Å². The average Bonchev–Trinajstić information content (AvgIpc) is 3.09. The zero-order valence-electron chi connectivity index (χ0n) is 16.3. The fourth-order valence-corrected chi connectivity index (χ4v) is 4.15. The number of nitrogens with zero attached hydrogens (tertiary/aromatic N) is 2. The number of rotatable bonds is 5. The maximum atomic E-state index is 12.4. The lowest BCUT2D eigenvalue weighted by molar-refractivity contribution is -0.149. The van der Waals surface area contributed by atoms with E-state index in [9.17, 15) is 9.59 Å². The molecule has 0 saturated carbocycles. The van der Waals surface area contributed by atoms with Gasteiger partial charge in [0.05, 0.1) is 31.6 Å². The Balaban J connectivity index is 1.73. The first-order valence-corrected chi connectivity index (χ1v) is 10.0. The molecule has 7 nitrogen and oxygen atoms in total. The first kappa shape index (κ1) is 20.3. The lowest BCUT2D eigenvalue weighted by Crippen LogP contribution is -2.41. The quantitative estimate of drug-likeness (QED) is 0.551. The summed E-state index contributed by atoms with van der Waals surface area (Å²) >= 11 is 1.32. The summed E-state index contributed by atoms with van der Waals surface area (Å²) < 4.78 is 15.7. The van der Waals surface area contributed by atoms with E-state index in [2.05, 4.69) is 4.99 Å². The molecule has 2 aliphatic heterocycles. The molecule has 2 heterocycles. The van der Waals surface area contributed by atoms with Crippen molar-refractivity contribution in [3.63, 3.8) is 0 Å². The largest absolute Gasteiger partial charge is 0.497 e. The maximum Gasteiger partial charge on any atom is 0.310 e. The highest BCUT2D eigenvalue weighted by Gasteiger charge is 2.32. The van der Waals surface area contributed by atoms with Crippen LogP contribution in [0.1, 0.15) is 25.3 Å². The Morgan fingerprint density at radius 3 is 2.89 bits per heavy atom. The van der Waals surface area contributed by atoms with Crippen LogP contribution in [0.2, 0.25) is 0 Å². The van der Waals surface area contributed by atoms with E-state index in [-0.39, 0.29) is 17.8 Å². The summed E-state index contributed by atoms with van der Waals surface area (Å²) in [4.78, 5) is 31.2. The van der Waals surface area contributed by atoms with E-state index in [4.69, 9.17) is 14.2 Å². The average molecular weight is 404 g/mol. The van der Waals surface area contributed by atoms with Crippen molar-refractivity contribution in [3.05, 3.63) is 28.7 Å². The highest BCUT2D eigenvalue weighted by molar-refractivity contribution is 8.18. The number of amides is 1. The number of hydrogen-bond acceptors (Lipinski definition) is 7. The van der Waals surface area contributed by atoms with Crippen LogP contribution in [-0.2, 0) is 14.3 Å². The van der Waals surface area contributed by atoms with Crippen molar-refractivity contribution in [2.75, 3.05) is 33.9 Å². The van der Waals surface area contributed by atoms with Crippen molar-refractivity contribution in [3.8, 4) is 11.5 Å². The Labute approximate surface area is 168 Å². The summed E-state index contributed by atoms with van der Waals surface area (Å²) in [5.74, 6) is 0.660. The topological polar surface area (TPSA) is 77.4 Å². The number of ether oxygens (including phenoxy) is 3. The summed E-state index contributed by atoms with van der Waals surface area (Å²) in [7, 11) is 3.16. The second-order valence-electron chi connectivity index (χ2n) is 6.46. The van der Waals surface area contributed by atoms with Crippen molar-refractivity contribution >= 4 is 34.9 Å². The zero-order valence-corrected chi connectivity index (χ0v) is 17.1. The fraction of sp³-hybridized carbons (Fsp3) is 0.450. The van der Waals surface area contributed by atoms with Crippen LogP contribution in [0.15, 0.2) is 28.1 Å². The summed E-state index contributed by atoms with van der Waals surface area (Å²) in [6, 6.07) is 5.43. The maximum absolute atomic E-state index is 12.4. The van der Waals surface area contributed by atoms with Crippen LogP contribution in [0, 0.1) is 5.92 Å². The molecule has 1 atom stereocenters. The molecule has 1 fully saturated rings. The van der Waals surface area contributed by atoms with Gasteiger partial charge in [0.15, 0.2) is 5.17 Å². The molecule has 1 unspecified atom stereocenters. The van der Waals surface area contributed by atoms with Crippen LogP contribution in [0.4, 0.5) is 0 Å². The van der Waals surface area contributed by atoms with Gasteiger partial charge in [0.25, 0.3) is 5.91 Å². The number of benzene rings is 1. The molecule has 150 valence electrons. The van der Waals surface area contributed by atoms with Crippen LogP contribution in [0.5, 0.6) is 11.5 Å². The number of aliphatic imine (C=N–C) groups is 1. The Hall–Kier alpha value is -2.48. The molecule has 0 bridgehead atoms. The van der Waals surface area contributed by atoms with E-state index < -0.39 is 0 Å². The summed E-state index contributed by atoms with van der Waals surface area (Å²) in [6.07, 6.45) is 3.43. The zero-order chi connectivity index (χ0) is 20.1. The van der Waals surface area contributed by atoms with Gasteiger partial charge in [0.1, 0.15) is 11.5 Å². The Kier molecular flexibility index (Phi) is 6.61. The molecule has 0 radical (unpaired) electrons. The Bertz CT molecular complexity index is 821. The SMILES string of the molecule is CCOC(=O)C1CCCN(C2=NC(=O)C(=Cc3ccc(OC)cc3OC)S2)C1. The molecule has 0 aromatic heterocycles. The number of methoxy groups -OCH3 is 2. The van der Waals surface area contributed by atoms with Crippen molar-refractivity contribution < 1.29 is 23.8 Å². The third-order valence-corrected chi connectivity index (χ3v) is 5.69. The monoisotopic (exact) mass is 404 g/mol. The van der Waals surface area contributed by atoms with Crippen LogP contribution in [0.3, 0.4) is 0 Å². The Morgan fingerprint density at radius 2 is 2.18 bits per heavy atom. The number of thioether (sulfide) groups is 1. The van der Waals surface area contributed by atoms with E-state index in [1.165, 1.54) is 11.8 Å². The summed E-state index contributed by atoms with van der Waals surface area (Å²) in [6.45, 7) is 3.48. The molecule has 1 saturated heterocycles. The Morgan fingerprint density at radius 1 is 1.36 bits per heavy atom. The van der Waals surface area contributed by atoms with Crippen molar-refractivity contribution in [2.24, 2.45) is 10.9 Å². The van der Waals surface area contributed by atoms with E-state index in [1.54, 1.807) is 33.3 Å². The van der Waals surface area contributed by atoms with E-state index in [0.717, 1.165) is 24.9 Å². The fourth-order valence-electron chi connectivity index (χ4n) is 3.22. The molecule has 28 heavy (non-hydrogen) atoms.